The number of rotatable bonds is 7. The zero-order chi connectivity index (χ0) is 24.0. The van der Waals surface area contributed by atoms with Crippen molar-refractivity contribution in [1.82, 2.24) is 9.80 Å². The maximum atomic E-state index is 12.8. The van der Waals surface area contributed by atoms with Crippen LogP contribution >= 0.6 is 0 Å². The molecular formula is C24H38N2O7. The summed E-state index contributed by atoms with van der Waals surface area (Å²) in [6.45, 7) is 8.35. The van der Waals surface area contributed by atoms with Crippen molar-refractivity contribution in [1.29, 1.82) is 0 Å². The standard InChI is InChI=1S/C24H38N2O7/c1-15(2)7-8-18-23(3,33-18)20-19(29-6)17(9-10-24(20)14-31-24)32-22(28)26-11-16(12-26)13-30-21(27)25(4)5/h7,16-20H,8-14H2,1-6H3/t17-,18-,19-,20?,23+,24+/m1/s1. The first-order valence-electron chi connectivity index (χ1n) is 11.9. The molecule has 0 aromatic carbocycles. The van der Waals surface area contributed by atoms with Crippen LogP contribution in [0.2, 0.25) is 0 Å². The molecule has 9 nitrogen and oxygen atoms in total. The van der Waals surface area contributed by atoms with Gasteiger partial charge in [-0.15, -0.1) is 0 Å². The minimum absolute atomic E-state index is 0.00620. The van der Waals surface area contributed by atoms with E-state index in [9.17, 15) is 9.59 Å². The van der Waals surface area contributed by atoms with E-state index in [0.717, 1.165) is 12.8 Å². The largest absolute Gasteiger partial charge is 0.449 e. The zero-order valence-corrected chi connectivity index (χ0v) is 20.7. The average Bonchev–Trinajstić information content (AvgIpc) is 3.63. The highest BCUT2D eigenvalue weighted by Crippen LogP contribution is 2.59. The Morgan fingerprint density at radius 1 is 1.24 bits per heavy atom. The molecule has 0 N–H and O–H groups in total. The molecule has 4 rings (SSSR count). The van der Waals surface area contributed by atoms with Gasteiger partial charge in [-0.1, -0.05) is 11.6 Å². The summed E-state index contributed by atoms with van der Waals surface area (Å²) < 4.78 is 29.3. The zero-order valence-electron chi connectivity index (χ0n) is 20.7. The summed E-state index contributed by atoms with van der Waals surface area (Å²) in [5, 5.41) is 0. The SMILES string of the molecule is CO[C@H]1C([C@@]2(C)O[C@@H]2CC=C(C)C)[C@]2(CC[C@H]1OC(=O)N1CC(COC(=O)N(C)C)C1)CO2. The molecule has 1 spiro atoms. The van der Waals surface area contributed by atoms with Gasteiger partial charge < -0.3 is 33.5 Å². The van der Waals surface area contributed by atoms with E-state index in [2.05, 4.69) is 26.8 Å². The predicted molar refractivity (Wildman–Crippen MR) is 120 cm³/mol. The fourth-order valence-corrected chi connectivity index (χ4v) is 5.42. The number of likely N-dealkylation sites (tertiary alicyclic amines) is 1. The van der Waals surface area contributed by atoms with E-state index in [1.54, 1.807) is 26.1 Å². The molecule has 0 aromatic heterocycles. The average molecular weight is 467 g/mol. The van der Waals surface area contributed by atoms with Crippen LogP contribution in [0.1, 0.15) is 40.0 Å². The molecule has 1 saturated carbocycles. The Labute approximate surface area is 196 Å². The molecule has 6 atom stereocenters. The number of nitrogens with zero attached hydrogens (tertiary/aromatic N) is 2. The lowest BCUT2D eigenvalue weighted by atomic mass is 9.68. The van der Waals surface area contributed by atoms with Gasteiger partial charge in [0, 0.05) is 40.2 Å². The summed E-state index contributed by atoms with van der Waals surface area (Å²) in [7, 11) is 4.96. The number of ether oxygens (including phenoxy) is 5. The van der Waals surface area contributed by atoms with E-state index in [-0.39, 0.29) is 53.5 Å². The Balaban J connectivity index is 1.33. The number of epoxide rings is 2. The van der Waals surface area contributed by atoms with Crippen molar-refractivity contribution in [3.8, 4) is 0 Å². The van der Waals surface area contributed by atoms with E-state index in [1.165, 1.54) is 10.5 Å². The van der Waals surface area contributed by atoms with Gasteiger partial charge in [0.25, 0.3) is 0 Å². The molecule has 186 valence electrons. The van der Waals surface area contributed by atoms with Gasteiger partial charge >= 0.3 is 12.2 Å². The smallest absolute Gasteiger partial charge is 0.410 e. The predicted octanol–water partition coefficient (Wildman–Crippen LogP) is 2.83. The third kappa shape index (κ3) is 4.86. The van der Waals surface area contributed by atoms with Crippen LogP contribution in [0, 0.1) is 11.8 Å². The van der Waals surface area contributed by atoms with Crippen molar-refractivity contribution in [3.63, 3.8) is 0 Å². The van der Waals surface area contributed by atoms with E-state index in [0.29, 0.717) is 32.7 Å². The molecule has 1 aliphatic carbocycles. The normalized spacial score (nSPS) is 37.2. The highest BCUT2D eigenvalue weighted by Gasteiger charge is 2.72. The van der Waals surface area contributed by atoms with Crippen LogP contribution in [0.15, 0.2) is 11.6 Å². The summed E-state index contributed by atoms with van der Waals surface area (Å²) in [4.78, 5) is 27.4. The lowest BCUT2D eigenvalue weighted by molar-refractivity contribution is -0.125. The second-order valence-electron chi connectivity index (χ2n) is 10.5. The summed E-state index contributed by atoms with van der Waals surface area (Å²) >= 11 is 0. The van der Waals surface area contributed by atoms with Gasteiger partial charge in [-0.2, -0.15) is 0 Å². The van der Waals surface area contributed by atoms with Gasteiger partial charge in [-0.25, -0.2) is 9.59 Å². The van der Waals surface area contributed by atoms with Gasteiger partial charge in [-0.05, 0) is 40.0 Å². The first-order valence-corrected chi connectivity index (χ1v) is 11.9. The minimum Gasteiger partial charge on any atom is -0.449 e. The highest BCUT2D eigenvalue weighted by molar-refractivity contribution is 5.69. The molecule has 4 fully saturated rings. The van der Waals surface area contributed by atoms with Crippen LogP contribution in [0.4, 0.5) is 9.59 Å². The van der Waals surface area contributed by atoms with Gasteiger partial charge in [0.15, 0.2) is 0 Å². The Morgan fingerprint density at radius 2 is 1.94 bits per heavy atom. The van der Waals surface area contributed by atoms with Gasteiger partial charge in [0.2, 0.25) is 0 Å². The topological polar surface area (TPSA) is 93.4 Å². The number of methoxy groups -OCH3 is 1. The summed E-state index contributed by atoms with van der Waals surface area (Å²) in [5.41, 5.74) is 0.677. The molecule has 4 aliphatic rings. The summed E-state index contributed by atoms with van der Waals surface area (Å²) in [6, 6.07) is 0. The van der Waals surface area contributed by atoms with Crippen LogP contribution in [0.5, 0.6) is 0 Å². The lowest BCUT2D eigenvalue weighted by Crippen LogP contribution is -2.58. The molecule has 3 saturated heterocycles. The van der Waals surface area contributed by atoms with Gasteiger partial charge in [0.05, 0.1) is 25.2 Å². The third-order valence-electron chi connectivity index (χ3n) is 7.51. The second kappa shape index (κ2) is 9.07. The van der Waals surface area contributed by atoms with Crippen molar-refractivity contribution in [2.24, 2.45) is 11.8 Å². The fraction of sp³-hybridized carbons (Fsp3) is 0.833. The molecular weight excluding hydrogens is 428 g/mol. The number of carbonyl (C=O) groups is 2. The number of carbonyl (C=O) groups excluding carboxylic acids is 2. The molecule has 3 aliphatic heterocycles. The summed E-state index contributed by atoms with van der Waals surface area (Å²) in [5.74, 6) is 0.142. The van der Waals surface area contributed by atoms with Gasteiger partial charge in [0.1, 0.15) is 23.4 Å². The van der Waals surface area contributed by atoms with Gasteiger partial charge in [-0.3, -0.25) is 0 Å². The molecule has 0 bridgehead atoms. The number of hydrogen-bond donors (Lipinski definition) is 0. The molecule has 3 heterocycles. The molecule has 0 aromatic rings. The van der Waals surface area contributed by atoms with E-state index in [4.69, 9.17) is 23.7 Å². The Kier molecular flexibility index (Phi) is 6.68. The number of hydrogen-bond acceptors (Lipinski definition) is 7. The maximum absolute atomic E-state index is 12.8. The molecule has 9 heteroatoms. The number of amides is 2. The Bertz CT molecular complexity index is 786. The van der Waals surface area contributed by atoms with Crippen molar-refractivity contribution in [2.75, 3.05) is 47.5 Å². The third-order valence-corrected chi connectivity index (χ3v) is 7.51. The molecule has 2 amide bonds. The minimum atomic E-state index is -0.373. The van der Waals surface area contributed by atoms with Crippen molar-refractivity contribution in [3.05, 3.63) is 11.6 Å². The first kappa shape index (κ1) is 24.3. The van der Waals surface area contributed by atoms with E-state index >= 15 is 0 Å². The Morgan fingerprint density at radius 3 is 2.52 bits per heavy atom. The molecule has 0 radical (unpaired) electrons. The molecule has 33 heavy (non-hydrogen) atoms. The maximum Gasteiger partial charge on any atom is 0.410 e. The van der Waals surface area contributed by atoms with Crippen LogP contribution in [0.25, 0.3) is 0 Å². The van der Waals surface area contributed by atoms with Crippen molar-refractivity contribution >= 4 is 12.2 Å². The lowest BCUT2D eigenvalue weighted by Gasteiger charge is -2.44. The monoisotopic (exact) mass is 466 g/mol. The van der Waals surface area contributed by atoms with Crippen LogP contribution in [-0.4, -0.2) is 99.0 Å². The van der Waals surface area contributed by atoms with Crippen molar-refractivity contribution < 1.29 is 33.3 Å². The van der Waals surface area contributed by atoms with E-state index in [1.807, 2.05) is 0 Å². The van der Waals surface area contributed by atoms with E-state index < -0.39 is 0 Å². The molecule has 1 unspecified atom stereocenters. The van der Waals surface area contributed by atoms with Crippen LogP contribution in [0.3, 0.4) is 0 Å². The van der Waals surface area contributed by atoms with Crippen LogP contribution < -0.4 is 0 Å². The van der Waals surface area contributed by atoms with Crippen LogP contribution in [-0.2, 0) is 23.7 Å². The fourth-order valence-electron chi connectivity index (χ4n) is 5.42. The quantitative estimate of drug-likeness (QED) is 0.421. The highest BCUT2D eigenvalue weighted by atomic mass is 16.6. The van der Waals surface area contributed by atoms with Crippen molar-refractivity contribution in [2.45, 2.75) is 69.5 Å². The Hall–Kier alpha value is -1.84. The second-order valence-corrected chi connectivity index (χ2v) is 10.5. The summed E-state index contributed by atoms with van der Waals surface area (Å²) in [6.07, 6.45) is 3.36. The number of allylic oxidation sites excluding steroid dienone is 1. The first-order chi connectivity index (χ1) is 15.6.